The molecule has 1 aromatic carbocycles. The quantitative estimate of drug-likeness (QED) is 0.691. The van der Waals surface area contributed by atoms with Crippen molar-refractivity contribution in [2.24, 2.45) is 0 Å². The molecule has 5 heteroatoms. The normalized spacial score (nSPS) is 13.3. The fourth-order valence-corrected chi connectivity index (χ4v) is 2.37. The first kappa shape index (κ1) is 18.3. The lowest BCUT2D eigenvalue weighted by molar-refractivity contribution is 0.163. The van der Waals surface area contributed by atoms with E-state index in [0.717, 1.165) is 29.7 Å². The lowest BCUT2D eigenvalue weighted by atomic mass is 9.98. The molecule has 0 bridgehead atoms. The van der Waals surface area contributed by atoms with Gasteiger partial charge in [0, 0.05) is 6.54 Å². The molecule has 0 aromatic heterocycles. The van der Waals surface area contributed by atoms with Crippen LogP contribution in [0.3, 0.4) is 0 Å². The molecule has 1 aromatic rings. The van der Waals surface area contributed by atoms with E-state index >= 15 is 0 Å². The standard InChI is InChI=1S/C17H28N2O3/c1-5-9-17(4,12-20)19-16(21)18-11-14-7-8-15(22-6-2)13(3)10-14/h7-8,10,20H,5-6,9,11-12H2,1-4H3,(H2,18,19,21). The van der Waals surface area contributed by atoms with Crippen molar-refractivity contribution < 1.29 is 14.6 Å². The van der Waals surface area contributed by atoms with Gasteiger partial charge >= 0.3 is 6.03 Å². The Labute approximate surface area is 133 Å². The number of aliphatic hydroxyl groups is 1. The fraction of sp³-hybridized carbons (Fsp3) is 0.588. The van der Waals surface area contributed by atoms with Gasteiger partial charge in [-0.3, -0.25) is 0 Å². The lowest BCUT2D eigenvalue weighted by Crippen LogP contribution is -2.52. The molecule has 0 saturated heterocycles. The van der Waals surface area contributed by atoms with Gasteiger partial charge in [0.15, 0.2) is 0 Å². The van der Waals surface area contributed by atoms with E-state index in [-0.39, 0.29) is 12.6 Å². The van der Waals surface area contributed by atoms with Crippen LogP contribution in [0.1, 0.15) is 44.7 Å². The van der Waals surface area contributed by atoms with Crippen LogP contribution in [0.4, 0.5) is 4.79 Å². The number of carbonyl (C=O) groups excluding carboxylic acids is 1. The van der Waals surface area contributed by atoms with Crippen LogP contribution < -0.4 is 15.4 Å². The second kappa shape index (κ2) is 8.63. The summed E-state index contributed by atoms with van der Waals surface area (Å²) in [6.45, 7) is 8.81. The van der Waals surface area contributed by atoms with E-state index in [1.165, 1.54) is 0 Å². The number of rotatable bonds is 8. The summed E-state index contributed by atoms with van der Waals surface area (Å²) in [5.41, 5.74) is 1.48. The molecular weight excluding hydrogens is 280 g/mol. The molecule has 22 heavy (non-hydrogen) atoms. The molecule has 0 aliphatic rings. The number of hydrogen-bond donors (Lipinski definition) is 3. The number of nitrogens with one attached hydrogen (secondary N) is 2. The average Bonchev–Trinajstić information content (AvgIpc) is 2.48. The van der Waals surface area contributed by atoms with Gasteiger partial charge in [0.25, 0.3) is 0 Å². The summed E-state index contributed by atoms with van der Waals surface area (Å²) in [6.07, 6.45) is 1.63. The van der Waals surface area contributed by atoms with Crippen LogP contribution in [0, 0.1) is 6.92 Å². The van der Waals surface area contributed by atoms with E-state index in [1.54, 1.807) is 0 Å². The Morgan fingerprint density at radius 1 is 1.36 bits per heavy atom. The van der Waals surface area contributed by atoms with Crippen LogP contribution in [-0.4, -0.2) is 29.9 Å². The Balaban J connectivity index is 2.55. The molecule has 0 fully saturated rings. The number of aliphatic hydroxyl groups excluding tert-OH is 1. The minimum Gasteiger partial charge on any atom is -0.494 e. The lowest BCUT2D eigenvalue weighted by Gasteiger charge is -2.28. The number of hydrogen-bond acceptors (Lipinski definition) is 3. The third-order valence-corrected chi connectivity index (χ3v) is 3.56. The van der Waals surface area contributed by atoms with Crippen LogP contribution in [0.25, 0.3) is 0 Å². The Kier molecular flexibility index (Phi) is 7.18. The van der Waals surface area contributed by atoms with Gasteiger partial charge in [0.2, 0.25) is 0 Å². The van der Waals surface area contributed by atoms with Crippen molar-refractivity contribution in [1.29, 1.82) is 0 Å². The van der Waals surface area contributed by atoms with E-state index in [2.05, 4.69) is 10.6 Å². The summed E-state index contributed by atoms with van der Waals surface area (Å²) in [7, 11) is 0. The highest BCUT2D eigenvalue weighted by molar-refractivity contribution is 5.74. The van der Waals surface area contributed by atoms with Crippen LogP contribution >= 0.6 is 0 Å². The molecule has 1 unspecified atom stereocenters. The zero-order valence-electron chi connectivity index (χ0n) is 14.0. The van der Waals surface area contributed by atoms with Gasteiger partial charge in [-0.05, 0) is 44.4 Å². The van der Waals surface area contributed by atoms with Crippen molar-refractivity contribution >= 4 is 6.03 Å². The Morgan fingerprint density at radius 2 is 2.09 bits per heavy atom. The highest BCUT2D eigenvalue weighted by Crippen LogP contribution is 2.19. The molecule has 1 rings (SSSR count). The van der Waals surface area contributed by atoms with Crippen molar-refractivity contribution in [3.8, 4) is 5.75 Å². The smallest absolute Gasteiger partial charge is 0.315 e. The van der Waals surface area contributed by atoms with Crippen LogP contribution in [-0.2, 0) is 6.54 Å². The van der Waals surface area contributed by atoms with E-state index in [4.69, 9.17) is 4.74 Å². The number of carbonyl (C=O) groups is 1. The van der Waals surface area contributed by atoms with Gasteiger partial charge in [-0.25, -0.2) is 4.79 Å². The first-order chi connectivity index (χ1) is 10.4. The highest BCUT2D eigenvalue weighted by Gasteiger charge is 2.24. The maximum atomic E-state index is 12.0. The molecule has 3 N–H and O–H groups in total. The second-order valence-corrected chi connectivity index (χ2v) is 5.81. The molecular formula is C17H28N2O3. The Hall–Kier alpha value is -1.75. The van der Waals surface area contributed by atoms with Gasteiger partial charge in [-0.15, -0.1) is 0 Å². The minimum absolute atomic E-state index is 0.0730. The average molecular weight is 308 g/mol. The number of ether oxygens (including phenoxy) is 1. The zero-order valence-corrected chi connectivity index (χ0v) is 14.0. The predicted octanol–water partition coefficient (Wildman–Crippen LogP) is 2.74. The summed E-state index contributed by atoms with van der Waals surface area (Å²) in [6, 6.07) is 5.59. The molecule has 5 nitrogen and oxygen atoms in total. The molecule has 0 heterocycles. The van der Waals surface area contributed by atoms with E-state index in [1.807, 2.05) is 45.9 Å². The molecule has 0 aliphatic carbocycles. The van der Waals surface area contributed by atoms with E-state index in [0.29, 0.717) is 13.2 Å². The number of benzene rings is 1. The third kappa shape index (κ3) is 5.56. The SMILES string of the molecule is CCCC(C)(CO)NC(=O)NCc1ccc(OCC)c(C)c1. The monoisotopic (exact) mass is 308 g/mol. The number of urea groups is 1. The molecule has 0 radical (unpaired) electrons. The van der Waals surface area contributed by atoms with E-state index in [9.17, 15) is 9.90 Å². The maximum absolute atomic E-state index is 12.0. The van der Waals surface area contributed by atoms with Crippen molar-refractivity contribution in [3.05, 3.63) is 29.3 Å². The minimum atomic E-state index is -0.576. The topological polar surface area (TPSA) is 70.6 Å². The predicted molar refractivity (Wildman–Crippen MR) is 88.1 cm³/mol. The Morgan fingerprint density at radius 3 is 2.64 bits per heavy atom. The van der Waals surface area contributed by atoms with Crippen molar-refractivity contribution in [2.75, 3.05) is 13.2 Å². The Bertz CT molecular complexity index is 491. The van der Waals surface area contributed by atoms with E-state index < -0.39 is 5.54 Å². The van der Waals surface area contributed by atoms with Crippen LogP contribution in [0.15, 0.2) is 18.2 Å². The van der Waals surface area contributed by atoms with Crippen LogP contribution in [0.5, 0.6) is 5.75 Å². The summed E-state index contributed by atoms with van der Waals surface area (Å²) >= 11 is 0. The summed E-state index contributed by atoms with van der Waals surface area (Å²) in [4.78, 5) is 12.0. The van der Waals surface area contributed by atoms with Gasteiger partial charge in [-0.2, -0.15) is 0 Å². The van der Waals surface area contributed by atoms with Crippen molar-refractivity contribution in [2.45, 2.75) is 52.6 Å². The summed E-state index contributed by atoms with van der Waals surface area (Å²) < 4.78 is 5.50. The number of amides is 2. The fourth-order valence-electron chi connectivity index (χ4n) is 2.37. The van der Waals surface area contributed by atoms with Crippen LogP contribution in [0.2, 0.25) is 0 Å². The number of aryl methyl sites for hydroxylation is 1. The van der Waals surface area contributed by atoms with Crippen molar-refractivity contribution in [1.82, 2.24) is 10.6 Å². The molecule has 0 saturated carbocycles. The van der Waals surface area contributed by atoms with Crippen molar-refractivity contribution in [3.63, 3.8) is 0 Å². The first-order valence-corrected chi connectivity index (χ1v) is 7.83. The molecule has 0 spiro atoms. The first-order valence-electron chi connectivity index (χ1n) is 7.83. The highest BCUT2D eigenvalue weighted by atomic mass is 16.5. The van der Waals surface area contributed by atoms with Gasteiger partial charge in [0.05, 0.1) is 18.8 Å². The second-order valence-electron chi connectivity index (χ2n) is 5.81. The third-order valence-electron chi connectivity index (χ3n) is 3.56. The molecule has 124 valence electrons. The maximum Gasteiger partial charge on any atom is 0.315 e. The van der Waals surface area contributed by atoms with Gasteiger partial charge in [0.1, 0.15) is 5.75 Å². The molecule has 2 amide bonds. The van der Waals surface area contributed by atoms with Gasteiger partial charge < -0.3 is 20.5 Å². The largest absolute Gasteiger partial charge is 0.494 e. The zero-order chi connectivity index (χ0) is 16.6. The summed E-state index contributed by atoms with van der Waals surface area (Å²) in [5, 5.41) is 15.1. The summed E-state index contributed by atoms with van der Waals surface area (Å²) in [5.74, 6) is 0.867. The molecule has 0 aliphatic heterocycles. The molecule has 1 atom stereocenters. The van der Waals surface area contributed by atoms with Gasteiger partial charge in [-0.1, -0.05) is 25.5 Å².